The molecule has 0 spiro atoms. The fourth-order valence-electron chi connectivity index (χ4n) is 2.12. The van der Waals surface area contributed by atoms with Crippen molar-refractivity contribution in [3.8, 4) is 0 Å². The average Bonchev–Trinajstić information content (AvgIpc) is 2.56. The van der Waals surface area contributed by atoms with Crippen LogP contribution >= 0.6 is 11.6 Å². The number of rotatable bonds is 6. The van der Waals surface area contributed by atoms with Gasteiger partial charge in [0.2, 0.25) is 5.91 Å². The van der Waals surface area contributed by atoms with Gasteiger partial charge in [-0.3, -0.25) is 14.4 Å². The molecule has 0 aliphatic rings. The predicted molar refractivity (Wildman–Crippen MR) is 95.4 cm³/mol. The Labute approximate surface area is 154 Å². The molecule has 2 aromatic rings. The van der Waals surface area contributed by atoms with E-state index >= 15 is 0 Å². The van der Waals surface area contributed by atoms with E-state index in [0.717, 1.165) is 0 Å². The summed E-state index contributed by atoms with van der Waals surface area (Å²) in [6.45, 7) is 0.835. The van der Waals surface area contributed by atoms with Crippen LogP contribution < -0.4 is 10.6 Å². The first-order valence-electron chi connectivity index (χ1n) is 7.61. The molecule has 2 amide bonds. The van der Waals surface area contributed by atoms with Crippen LogP contribution in [0.5, 0.6) is 0 Å². The van der Waals surface area contributed by atoms with Gasteiger partial charge in [-0.2, -0.15) is 0 Å². The van der Waals surface area contributed by atoms with Crippen molar-refractivity contribution in [3.63, 3.8) is 0 Å². The minimum absolute atomic E-state index is 0.0163. The van der Waals surface area contributed by atoms with Crippen LogP contribution in [0, 0.1) is 5.82 Å². The Morgan fingerprint density at radius 3 is 2.38 bits per heavy atom. The van der Waals surface area contributed by atoms with E-state index in [9.17, 15) is 18.8 Å². The SMILES string of the molecule is CC(=O)Nc1cccc(NC(=O)COC(=O)Cc2c(F)cccc2Cl)c1. The molecule has 0 fully saturated rings. The third kappa shape index (κ3) is 5.86. The number of esters is 1. The van der Waals surface area contributed by atoms with Crippen LogP contribution in [-0.2, 0) is 25.5 Å². The van der Waals surface area contributed by atoms with Crippen molar-refractivity contribution >= 4 is 40.8 Å². The molecule has 0 unspecified atom stereocenters. The largest absolute Gasteiger partial charge is 0.455 e. The van der Waals surface area contributed by atoms with Crippen molar-refractivity contribution in [3.05, 3.63) is 58.9 Å². The van der Waals surface area contributed by atoms with Crippen molar-refractivity contribution in [1.82, 2.24) is 0 Å². The number of hydrogen-bond donors (Lipinski definition) is 2. The molecule has 0 saturated heterocycles. The molecule has 0 radical (unpaired) electrons. The second-order valence-electron chi connectivity index (χ2n) is 5.35. The van der Waals surface area contributed by atoms with Crippen LogP contribution in [0.1, 0.15) is 12.5 Å². The highest BCUT2D eigenvalue weighted by Gasteiger charge is 2.14. The monoisotopic (exact) mass is 378 g/mol. The number of hydrogen-bond acceptors (Lipinski definition) is 4. The molecule has 0 aromatic heterocycles. The highest BCUT2D eigenvalue weighted by atomic mass is 35.5. The zero-order chi connectivity index (χ0) is 19.1. The summed E-state index contributed by atoms with van der Waals surface area (Å²) in [5.41, 5.74) is 0.957. The number of carbonyl (C=O) groups is 3. The summed E-state index contributed by atoms with van der Waals surface area (Å²) in [4.78, 5) is 34.7. The second kappa shape index (κ2) is 8.96. The summed E-state index contributed by atoms with van der Waals surface area (Å²) in [5, 5.41) is 5.23. The maximum atomic E-state index is 13.6. The predicted octanol–water partition coefficient (Wildman–Crippen LogP) is 3.16. The van der Waals surface area contributed by atoms with Gasteiger partial charge in [0.25, 0.3) is 5.91 Å². The Bertz CT molecular complexity index is 821. The Morgan fingerprint density at radius 2 is 1.73 bits per heavy atom. The molecule has 0 bridgehead atoms. The molecule has 26 heavy (non-hydrogen) atoms. The molecule has 2 rings (SSSR count). The van der Waals surface area contributed by atoms with E-state index in [1.165, 1.54) is 25.1 Å². The standard InChI is InChI=1S/C18H16ClFN2O4/c1-11(23)21-12-4-2-5-13(8-12)22-17(24)10-26-18(25)9-14-15(19)6-3-7-16(14)20/h2-8H,9-10H2,1H3,(H,21,23)(H,22,24). The Morgan fingerprint density at radius 1 is 1.08 bits per heavy atom. The van der Waals surface area contributed by atoms with E-state index in [-0.39, 0.29) is 22.9 Å². The van der Waals surface area contributed by atoms with Gasteiger partial charge in [0, 0.05) is 28.9 Å². The van der Waals surface area contributed by atoms with Crippen LogP contribution in [-0.4, -0.2) is 24.4 Å². The van der Waals surface area contributed by atoms with Gasteiger partial charge < -0.3 is 15.4 Å². The fourth-order valence-corrected chi connectivity index (χ4v) is 2.35. The van der Waals surface area contributed by atoms with Gasteiger partial charge in [0.05, 0.1) is 6.42 Å². The van der Waals surface area contributed by atoms with E-state index in [4.69, 9.17) is 16.3 Å². The summed E-state index contributed by atoms with van der Waals surface area (Å²) in [5.74, 6) is -2.21. The fraction of sp³-hybridized carbons (Fsp3) is 0.167. The van der Waals surface area contributed by atoms with Gasteiger partial charge in [-0.25, -0.2) is 4.39 Å². The minimum Gasteiger partial charge on any atom is -0.455 e. The van der Waals surface area contributed by atoms with Gasteiger partial charge in [-0.05, 0) is 30.3 Å². The summed E-state index contributed by atoms with van der Waals surface area (Å²) in [7, 11) is 0. The van der Waals surface area contributed by atoms with E-state index in [1.54, 1.807) is 24.3 Å². The molecular formula is C18H16ClFN2O4. The highest BCUT2D eigenvalue weighted by Crippen LogP contribution is 2.20. The average molecular weight is 379 g/mol. The van der Waals surface area contributed by atoms with Crippen molar-refractivity contribution in [2.75, 3.05) is 17.2 Å². The first kappa shape index (κ1) is 19.4. The highest BCUT2D eigenvalue weighted by molar-refractivity contribution is 6.31. The molecule has 0 atom stereocenters. The summed E-state index contributed by atoms with van der Waals surface area (Å²) in [6.07, 6.45) is -0.378. The van der Waals surface area contributed by atoms with Crippen LogP contribution in [0.2, 0.25) is 5.02 Å². The zero-order valence-electron chi connectivity index (χ0n) is 13.8. The van der Waals surface area contributed by atoms with Gasteiger partial charge >= 0.3 is 5.97 Å². The lowest BCUT2D eigenvalue weighted by Crippen LogP contribution is -2.22. The smallest absolute Gasteiger partial charge is 0.310 e. The van der Waals surface area contributed by atoms with Crippen LogP contribution in [0.3, 0.4) is 0 Å². The minimum atomic E-state index is -0.779. The van der Waals surface area contributed by atoms with E-state index < -0.39 is 24.3 Å². The van der Waals surface area contributed by atoms with E-state index in [2.05, 4.69) is 10.6 Å². The Balaban J connectivity index is 1.87. The number of ether oxygens (including phenoxy) is 1. The number of halogens is 2. The van der Waals surface area contributed by atoms with Crippen molar-refractivity contribution in [1.29, 1.82) is 0 Å². The molecular weight excluding hydrogens is 363 g/mol. The molecule has 8 heteroatoms. The lowest BCUT2D eigenvalue weighted by Gasteiger charge is -2.09. The third-order valence-corrected chi connectivity index (χ3v) is 3.57. The maximum Gasteiger partial charge on any atom is 0.310 e. The molecule has 0 heterocycles. The van der Waals surface area contributed by atoms with Crippen LogP contribution in [0.4, 0.5) is 15.8 Å². The first-order chi connectivity index (χ1) is 12.3. The lowest BCUT2D eigenvalue weighted by atomic mass is 10.1. The molecule has 0 saturated carbocycles. The maximum absolute atomic E-state index is 13.6. The molecule has 0 aliphatic heterocycles. The van der Waals surface area contributed by atoms with Crippen molar-refractivity contribution in [2.24, 2.45) is 0 Å². The Hall–Kier alpha value is -2.93. The molecule has 0 aliphatic carbocycles. The normalized spacial score (nSPS) is 10.1. The number of amides is 2. The summed E-state index contributed by atoms with van der Waals surface area (Å²) < 4.78 is 18.5. The van der Waals surface area contributed by atoms with Crippen molar-refractivity contribution in [2.45, 2.75) is 13.3 Å². The molecule has 136 valence electrons. The van der Waals surface area contributed by atoms with Gasteiger partial charge in [-0.15, -0.1) is 0 Å². The van der Waals surface area contributed by atoms with Crippen LogP contribution in [0.15, 0.2) is 42.5 Å². The van der Waals surface area contributed by atoms with Gasteiger partial charge in [0.15, 0.2) is 6.61 Å². The van der Waals surface area contributed by atoms with E-state index in [0.29, 0.717) is 11.4 Å². The van der Waals surface area contributed by atoms with Gasteiger partial charge in [-0.1, -0.05) is 23.7 Å². The first-order valence-corrected chi connectivity index (χ1v) is 7.99. The number of carbonyl (C=O) groups excluding carboxylic acids is 3. The molecule has 6 nitrogen and oxygen atoms in total. The quantitative estimate of drug-likeness (QED) is 0.756. The van der Waals surface area contributed by atoms with Crippen molar-refractivity contribution < 1.29 is 23.5 Å². The Kier molecular flexibility index (Phi) is 6.68. The summed E-state index contributed by atoms with van der Waals surface area (Å²) in [6, 6.07) is 10.5. The topological polar surface area (TPSA) is 84.5 Å². The number of anilines is 2. The second-order valence-corrected chi connectivity index (χ2v) is 5.76. The van der Waals surface area contributed by atoms with Crippen LogP contribution in [0.25, 0.3) is 0 Å². The van der Waals surface area contributed by atoms with E-state index in [1.807, 2.05) is 0 Å². The van der Waals surface area contributed by atoms with Gasteiger partial charge in [0.1, 0.15) is 5.82 Å². The number of benzene rings is 2. The molecule has 2 aromatic carbocycles. The summed E-state index contributed by atoms with van der Waals surface area (Å²) >= 11 is 5.84. The molecule has 2 N–H and O–H groups in total. The number of nitrogens with one attached hydrogen (secondary N) is 2. The third-order valence-electron chi connectivity index (χ3n) is 3.21. The zero-order valence-corrected chi connectivity index (χ0v) is 14.6. The lowest BCUT2D eigenvalue weighted by molar-refractivity contribution is -0.146.